The van der Waals surface area contributed by atoms with Gasteiger partial charge < -0.3 is 10.2 Å². The summed E-state index contributed by atoms with van der Waals surface area (Å²) in [6, 6.07) is 0. The van der Waals surface area contributed by atoms with Crippen LogP contribution in [-0.2, 0) is 0 Å². The number of allylic oxidation sites excluding steroid dienone is 2. The molecule has 0 saturated heterocycles. The highest BCUT2D eigenvalue weighted by Crippen LogP contribution is 2.61. The van der Waals surface area contributed by atoms with E-state index >= 15 is 0 Å². The van der Waals surface area contributed by atoms with Crippen LogP contribution in [0, 0.1) is 22.7 Å². The van der Waals surface area contributed by atoms with Crippen molar-refractivity contribution >= 4 is 0 Å². The normalized spacial score (nSPS) is 38.7. The molecule has 0 aromatic heterocycles. The molecule has 0 bridgehead atoms. The lowest BCUT2D eigenvalue weighted by Gasteiger charge is -2.59. The Morgan fingerprint density at radius 2 is 2.00 bits per heavy atom. The topological polar surface area (TPSA) is 40.5 Å². The molecule has 0 spiro atoms. The van der Waals surface area contributed by atoms with Crippen LogP contribution in [0.25, 0.3) is 0 Å². The van der Waals surface area contributed by atoms with Crippen LogP contribution in [0.3, 0.4) is 0 Å². The molecule has 22 heavy (non-hydrogen) atoms. The summed E-state index contributed by atoms with van der Waals surface area (Å²) in [6.45, 7) is 13.6. The number of aliphatic hydroxyl groups is 2. The molecule has 0 aromatic carbocycles. The van der Waals surface area contributed by atoms with Crippen molar-refractivity contribution < 1.29 is 10.2 Å². The van der Waals surface area contributed by atoms with Crippen LogP contribution in [0.15, 0.2) is 23.8 Å². The Morgan fingerprint density at radius 1 is 1.32 bits per heavy atom. The van der Waals surface area contributed by atoms with E-state index in [0.29, 0.717) is 11.8 Å². The number of rotatable bonds is 4. The first-order valence-corrected chi connectivity index (χ1v) is 8.85. The van der Waals surface area contributed by atoms with Gasteiger partial charge in [0.05, 0.1) is 12.7 Å². The van der Waals surface area contributed by atoms with Gasteiger partial charge in [0.25, 0.3) is 0 Å². The van der Waals surface area contributed by atoms with E-state index in [4.69, 9.17) is 5.11 Å². The van der Waals surface area contributed by atoms with Gasteiger partial charge in [0, 0.05) is 0 Å². The van der Waals surface area contributed by atoms with Crippen LogP contribution in [0.2, 0.25) is 0 Å². The summed E-state index contributed by atoms with van der Waals surface area (Å²) in [5.41, 5.74) is 2.94. The van der Waals surface area contributed by atoms with Gasteiger partial charge in [0.2, 0.25) is 0 Å². The molecule has 2 aliphatic rings. The molecule has 2 fully saturated rings. The molecule has 4 atom stereocenters. The molecular weight excluding hydrogens is 272 g/mol. The van der Waals surface area contributed by atoms with Gasteiger partial charge in [-0.05, 0) is 68.1 Å². The first-order chi connectivity index (χ1) is 10.2. The molecule has 2 heteroatoms. The van der Waals surface area contributed by atoms with Crippen molar-refractivity contribution in [1.29, 1.82) is 0 Å². The van der Waals surface area contributed by atoms with Crippen molar-refractivity contribution in [3.05, 3.63) is 23.8 Å². The molecule has 2 saturated carbocycles. The van der Waals surface area contributed by atoms with E-state index < -0.39 is 0 Å². The summed E-state index contributed by atoms with van der Waals surface area (Å²) in [5, 5.41) is 19.5. The van der Waals surface area contributed by atoms with Crippen LogP contribution in [0.4, 0.5) is 0 Å². The number of hydrogen-bond acceptors (Lipinski definition) is 2. The Hall–Kier alpha value is -0.600. The Morgan fingerprint density at radius 3 is 2.64 bits per heavy atom. The zero-order chi connectivity index (χ0) is 16.5. The molecule has 2 rings (SSSR count). The lowest BCUT2D eigenvalue weighted by atomic mass is 9.46. The number of fused-ring (bicyclic) bond motifs is 1. The number of aliphatic hydroxyl groups excluding tert-OH is 2. The monoisotopic (exact) mass is 306 g/mol. The van der Waals surface area contributed by atoms with Crippen molar-refractivity contribution in [1.82, 2.24) is 0 Å². The third kappa shape index (κ3) is 3.05. The van der Waals surface area contributed by atoms with Gasteiger partial charge in [0.1, 0.15) is 0 Å². The Kier molecular flexibility index (Phi) is 5.23. The second-order valence-electron chi connectivity index (χ2n) is 8.46. The predicted octanol–water partition coefficient (Wildman–Crippen LogP) is 4.47. The van der Waals surface area contributed by atoms with Crippen LogP contribution >= 0.6 is 0 Å². The minimum Gasteiger partial charge on any atom is -0.393 e. The van der Waals surface area contributed by atoms with E-state index in [1.54, 1.807) is 0 Å². The molecule has 0 radical (unpaired) electrons. The molecule has 0 aliphatic heterocycles. The summed E-state index contributed by atoms with van der Waals surface area (Å²) in [4.78, 5) is 0. The molecular formula is C20H34O2. The third-order valence-corrected chi connectivity index (χ3v) is 6.82. The predicted molar refractivity (Wildman–Crippen MR) is 92.6 cm³/mol. The van der Waals surface area contributed by atoms with Crippen molar-refractivity contribution in [2.24, 2.45) is 22.7 Å². The molecule has 2 nitrogen and oxygen atoms in total. The lowest BCUT2D eigenvalue weighted by molar-refractivity contribution is -0.124. The van der Waals surface area contributed by atoms with Crippen molar-refractivity contribution in [3.8, 4) is 0 Å². The minimum atomic E-state index is -0.173. The van der Waals surface area contributed by atoms with Crippen molar-refractivity contribution in [3.63, 3.8) is 0 Å². The maximum atomic E-state index is 10.5. The van der Waals surface area contributed by atoms with Crippen LogP contribution in [0.5, 0.6) is 0 Å². The highest BCUT2D eigenvalue weighted by Gasteiger charge is 2.55. The quantitative estimate of drug-likeness (QED) is 0.752. The second kappa shape index (κ2) is 6.49. The number of hydrogen-bond donors (Lipinski definition) is 2. The van der Waals surface area contributed by atoms with E-state index in [2.05, 4.69) is 34.3 Å². The average molecular weight is 306 g/mol. The largest absolute Gasteiger partial charge is 0.393 e. The van der Waals surface area contributed by atoms with Crippen molar-refractivity contribution in [2.45, 2.75) is 72.3 Å². The highest BCUT2D eigenvalue weighted by atomic mass is 16.3. The van der Waals surface area contributed by atoms with E-state index in [1.807, 2.05) is 6.08 Å². The molecule has 0 aromatic rings. The first kappa shape index (κ1) is 17.7. The molecule has 2 aliphatic carbocycles. The van der Waals surface area contributed by atoms with E-state index in [9.17, 15) is 5.11 Å². The molecule has 2 N–H and O–H groups in total. The van der Waals surface area contributed by atoms with E-state index in [-0.39, 0.29) is 23.5 Å². The highest BCUT2D eigenvalue weighted by molar-refractivity contribution is 5.17. The van der Waals surface area contributed by atoms with Gasteiger partial charge >= 0.3 is 0 Å². The summed E-state index contributed by atoms with van der Waals surface area (Å²) in [7, 11) is 0. The lowest BCUT2D eigenvalue weighted by Crippen LogP contribution is -2.54. The average Bonchev–Trinajstić information content (AvgIpc) is 2.43. The fourth-order valence-corrected chi connectivity index (χ4v) is 5.33. The Balaban J connectivity index is 2.21. The third-order valence-electron chi connectivity index (χ3n) is 6.82. The minimum absolute atomic E-state index is 0.00192. The summed E-state index contributed by atoms with van der Waals surface area (Å²) in [6.07, 6.45) is 8.19. The van der Waals surface area contributed by atoms with E-state index in [1.165, 1.54) is 17.6 Å². The van der Waals surface area contributed by atoms with Crippen molar-refractivity contribution in [2.75, 3.05) is 6.61 Å². The standard InChI is InChI=1S/C20H34O2/c1-14(11-13-21)6-8-16-15(2)7-9-17-19(3,4)18(22)10-12-20(16,17)5/h11,16-18,21-22H,2,6-10,12-13H2,1,3-5H3/b14-11-/t16-,17-,18+,20+/m0/s1. The van der Waals surface area contributed by atoms with Crippen LogP contribution < -0.4 is 0 Å². The molecule has 0 amide bonds. The summed E-state index contributed by atoms with van der Waals surface area (Å²) in [5.74, 6) is 1.11. The molecule has 0 unspecified atom stereocenters. The van der Waals surface area contributed by atoms with Gasteiger partial charge in [-0.25, -0.2) is 0 Å². The van der Waals surface area contributed by atoms with Crippen LogP contribution in [-0.4, -0.2) is 22.9 Å². The maximum absolute atomic E-state index is 10.5. The van der Waals surface area contributed by atoms with Gasteiger partial charge in [0.15, 0.2) is 0 Å². The fraction of sp³-hybridized carbons (Fsp3) is 0.800. The maximum Gasteiger partial charge on any atom is 0.0614 e. The molecule has 126 valence electrons. The first-order valence-electron chi connectivity index (χ1n) is 8.85. The van der Waals surface area contributed by atoms with Gasteiger partial charge in [-0.15, -0.1) is 0 Å². The van der Waals surface area contributed by atoms with Gasteiger partial charge in [-0.2, -0.15) is 0 Å². The molecule has 0 heterocycles. The SMILES string of the molecule is C=C1CC[C@H]2C(C)(C)[C@H](O)CC[C@]2(C)[C@H]1CC/C(C)=C\CO. The van der Waals surface area contributed by atoms with Gasteiger partial charge in [-0.1, -0.05) is 44.6 Å². The second-order valence-corrected chi connectivity index (χ2v) is 8.46. The van der Waals surface area contributed by atoms with Crippen LogP contribution in [0.1, 0.15) is 66.2 Å². The zero-order valence-corrected chi connectivity index (χ0v) is 14.9. The smallest absolute Gasteiger partial charge is 0.0614 e. The van der Waals surface area contributed by atoms with E-state index in [0.717, 1.165) is 32.1 Å². The Bertz CT molecular complexity index is 449. The summed E-state index contributed by atoms with van der Waals surface area (Å²) >= 11 is 0. The zero-order valence-electron chi connectivity index (χ0n) is 14.9. The summed E-state index contributed by atoms with van der Waals surface area (Å²) < 4.78 is 0. The fourth-order valence-electron chi connectivity index (χ4n) is 5.33. The van der Waals surface area contributed by atoms with Gasteiger partial charge in [-0.3, -0.25) is 0 Å². The Labute approximate surface area is 136 Å².